The van der Waals surface area contributed by atoms with Gasteiger partial charge in [0.1, 0.15) is 0 Å². The quantitative estimate of drug-likeness (QED) is 0.688. The predicted octanol–water partition coefficient (Wildman–Crippen LogP) is 2.46. The van der Waals surface area contributed by atoms with Crippen molar-refractivity contribution >= 4 is 16.7 Å². The first kappa shape index (κ1) is 9.44. The molecular weight excluding hydrogens is 212 g/mol. The van der Waals surface area contributed by atoms with Gasteiger partial charge in [-0.25, -0.2) is 0 Å². The summed E-state index contributed by atoms with van der Waals surface area (Å²) in [6.45, 7) is 0. The van der Waals surface area contributed by atoms with Crippen LogP contribution in [-0.4, -0.2) is 5.97 Å². The van der Waals surface area contributed by atoms with Crippen molar-refractivity contribution in [2.75, 3.05) is 0 Å². The number of carbonyl (C=O) groups is 1. The van der Waals surface area contributed by atoms with Crippen LogP contribution in [0.3, 0.4) is 0 Å². The molecule has 0 fully saturated rings. The molecule has 14 heavy (non-hydrogen) atoms. The molecule has 0 aliphatic rings. The number of fused-ring (bicyclic) bond motifs is 1. The van der Waals surface area contributed by atoms with Gasteiger partial charge in [-0.05, 0) is 0 Å². The first-order valence-corrected chi connectivity index (χ1v) is 4.82. The van der Waals surface area contributed by atoms with Crippen molar-refractivity contribution < 1.29 is 28.9 Å². The van der Waals surface area contributed by atoms with Crippen molar-refractivity contribution in [1.82, 2.24) is 0 Å². The average molecular weight is 219 g/mol. The standard InChI is InChI=1S/C11H8O2.Ti/c12-11(13)10-7-3-5-8-4-1-2-6-9(8)10;/h1-7H,(H,12,13);/q;+1/p-1. The van der Waals surface area contributed by atoms with Crippen LogP contribution >= 0.6 is 0 Å². The second kappa shape index (κ2) is 3.95. The Morgan fingerprint density at radius 1 is 1.07 bits per heavy atom. The zero-order chi connectivity index (χ0) is 9.97. The summed E-state index contributed by atoms with van der Waals surface area (Å²) < 4.78 is 4.71. The summed E-state index contributed by atoms with van der Waals surface area (Å²) in [5, 5.41) is 1.98. The molecule has 2 aromatic rings. The van der Waals surface area contributed by atoms with Gasteiger partial charge in [-0.3, -0.25) is 0 Å². The van der Waals surface area contributed by atoms with E-state index in [0.29, 0.717) is 5.56 Å². The van der Waals surface area contributed by atoms with Crippen LogP contribution in [0, 0.1) is 0 Å². The van der Waals surface area contributed by atoms with E-state index < -0.39 is 0 Å². The van der Waals surface area contributed by atoms with Gasteiger partial charge in [-0.2, -0.15) is 0 Å². The van der Waals surface area contributed by atoms with E-state index in [0.717, 1.165) is 10.8 Å². The molecule has 2 aromatic carbocycles. The van der Waals surface area contributed by atoms with Crippen LogP contribution in [0.25, 0.3) is 10.8 Å². The Labute approximate surface area is 93.8 Å². The molecule has 0 atom stereocenters. The van der Waals surface area contributed by atoms with Crippen molar-refractivity contribution in [2.24, 2.45) is 0 Å². The van der Waals surface area contributed by atoms with E-state index in [-0.39, 0.29) is 5.97 Å². The number of hydrogen-bond acceptors (Lipinski definition) is 2. The molecule has 0 heterocycles. The Morgan fingerprint density at radius 2 is 1.79 bits per heavy atom. The Balaban J connectivity index is 2.71. The third kappa shape index (κ3) is 1.59. The van der Waals surface area contributed by atoms with Gasteiger partial charge >= 0.3 is 93.7 Å². The minimum absolute atomic E-state index is 0.290. The molecule has 2 nitrogen and oxygen atoms in total. The first-order chi connectivity index (χ1) is 6.83. The van der Waals surface area contributed by atoms with Gasteiger partial charge in [0.2, 0.25) is 0 Å². The molecular formula is C11H7O2Ti. The second-order valence-electron chi connectivity index (χ2n) is 2.92. The van der Waals surface area contributed by atoms with E-state index in [4.69, 9.17) is 3.32 Å². The molecule has 0 N–H and O–H groups in total. The fourth-order valence-corrected chi connectivity index (χ4v) is 1.63. The van der Waals surface area contributed by atoms with Crippen LogP contribution in [0.4, 0.5) is 0 Å². The Bertz CT molecular complexity index is 474. The van der Waals surface area contributed by atoms with E-state index in [1.165, 1.54) is 20.8 Å². The van der Waals surface area contributed by atoms with Gasteiger partial charge in [0.25, 0.3) is 0 Å². The second-order valence-corrected chi connectivity index (χ2v) is 3.23. The van der Waals surface area contributed by atoms with Crippen molar-refractivity contribution in [3.05, 3.63) is 48.0 Å². The molecule has 0 unspecified atom stereocenters. The van der Waals surface area contributed by atoms with Crippen molar-refractivity contribution in [3.63, 3.8) is 0 Å². The van der Waals surface area contributed by atoms with Gasteiger partial charge < -0.3 is 0 Å². The van der Waals surface area contributed by atoms with Gasteiger partial charge in [0.05, 0.1) is 0 Å². The Hall–Kier alpha value is -1.12. The summed E-state index contributed by atoms with van der Waals surface area (Å²) in [5.41, 5.74) is 0.616. The van der Waals surface area contributed by atoms with E-state index in [9.17, 15) is 4.79 Å². The molecule has 67 valence electrons. The predicted molar refractivity (Wildman–Crippen MR) is 49.4 cm³/mol. The van der Waals surface area contributed by atoms with Crippen molar-refractivity contribution in [3.8, 4) is 0 Å². The SMILES string of the molecule is O=C([O][Ti])c1cccc2ccccc12. The average Bonchev–Trinajstić information content (AvgIpc) is 2.27. The van der Waals surface area contributed by atoms with E-state index >= 15 is 0 Å². The van der Waals surface area contributed by atoms with Crippen LogP contribution in [0.15, 0.2) is 42.5 Å². The van der Waals surface area contributed by atoms with Gasteiger partial charge in [-0.15, -0.1) is 0 Å². The maximum absolute atomic E-state index is 11.4. The molecule has 3 heteroatoms. The number of rotatable bonds is 1. The van der Waals surface area contributed by atoms with Crippen LogP contribution < -0.4 is 0 Å². The normalized spacial score (nSPS) is 9.93. The van der Waals surface area contributed by atoms with E-state index in [1.807, 2.05) is 36.4 Å². The molecule has 2 rings (SSSR count). The third-order valence-corrected chi connectivity index (χ3v) is 2.39. The van der Waals surface area contributed by atoms with Crippen LogP contribution in [0.1, 0.15) is 10.4 Å². The summed E-state index contributed by atoms with van der Waals surface area (Å²) in [5.74, 6) is -0.290. The number of benzene rings is 2. The molecule has 0 spiro atoms. The van der Waals surface area contributed by atoms with Crippen LogP contribution in [0.5, 0.6) is 0 Å². The molecule has 0 bridgehead atoms. The van der Waals surface area contributed by atoms with Crippen LogP contribution in [0.2, 0.25) is 0 Å². The number of hydrogen-bond donors (Lipinski definition) is 0. The molecule has 0 saturated heterocycles. The molecule has 0 aromatic heterocycles. The van der Waals surface area contributed by atoms with Crippen molar-refractivity contribution in [2.45, 2.75) is 0 Å². The topological polar surface area (TPSA) is 26.3 Å². The molecule has 0 aliphatic heterocycles. The monoisotopic (exact) mass is 219 g/mol. The summed E-state index contributed by atoms with van der Waals surface area (Å²) >= 11 is 1.39. The fourth-order valence-electron chi connectivity index (χ4n) is 1.46. The molecule has 0 saturated carbocycles. The minimum atomic E-state index is -0.290. The zero-order valence-electron chi connectivity index (χ0n) is 7.36. The molecule has 0 aliphatic carbocycles. The van der Waals surface area contributed by atoms with Gasteiger partial charge in [-0.1, -0.05) is 0 Å². The van der Waals surface area contributed by atoms with E-state index in [2.05, 4.69) is 0 Å². The summed E-state index contributed by atoms with van der Waals surface area (Å²) in [7, 11) is 0. The summed E-state index contributed by atoms with van der Waals surface area (Å²) in [6, 6.07) is 13.4. The number of carbonyl (C=O) groups excluding carboxylic acids is 1. The summed E-state index contributed by atoms with van der Waals surface area (Å²) in [4.78, 5) is 11.4. The van der Waals surface area contributed by atoms with Gasteiger partial charge in [0.15, 0.2) is 0 Å². The zero-order valence-corrected chi connectivity index (χ0v) is 8.92. The molecule has 0 radical (unpaired) electrons. The summed E-state index contributed by atoms with van der Waals surface area (Å²) in [6.07, 6.45) is 0. The van der Waals surface area contributed by atoms with Crippen molar-refractivity contribution in [1.29, 1.82) is 0 Å². The third-order valence-electron chi connectivity index (χ3n) is 2.10. The Morgan fingerprint density at radius 3 is 2.57 bits per heavy atom. The van der Waals surface area contributed by atoms with Crippen LogP contribution in [-0.2, 0) is 24.1 Å². The molecule has 0 amide bonds. The Kier molecular flexibility index (Phi) is 2.66. The van der Waals surface area contributed by atoms with E-state index in [1.54, 1.807) is 6.07 Å². The van der Waals surface area contributed by atoms with Gasteiger partial charge in [0, 0.05) is 0 Å². The fraction of sp³-hybridized carbons (Fsp3) is 0. The first-order valence-electron chi connectivity index (χ1n) is 4.18. The maximum atomic E-state index is 11.4.